The number of rotatable bonds is 9. The highest BCUT2D eigenvalue weighted by Gasteiger charge is 2.50. The number of urea groups is 1. The third-order valence-electron chi connectivity index (χ3n) is 7.96. The normalized spacial score (nSPS) is 20.6. The SMILES string of the molecule is CCCC(F)(F)CC(NC(=O)N1CCC2(CC1)CCN(c1ccc(OC)cc1)C2=O)C(=O)NC1(C#N)CC1. The largest absolute Gasteiger partial charge is 0.497 e. The molecule has 0 bridgehead atoms. The van der Waals surface area contributed by atoms with Gasteiger partial charge in [0, 0.05) is 38.2 Å². The van der Waals surface area contributed by atoms with E-state index in [0.717, 1.165) is 5.69 Å². The van der Waals surface area contributed by atoms with Gasteiger partial charge in [-0.3, -0.25) is 9.59 Å². The van der Waals surface area contributed by atoms with E-state index in [-0.39, 0.29) is 25.4 Å². The lowest BCUT2D eigenvalue weighted by Gasteiger charge is -2.38. The van der Waals surface area contributed by atoms with Gasteiger partial charge in [0.25, 0.3) is 5.92 Å². The van der Waals surface area contributed by atoms with E-state index in [1.807, 2.05) is 18.2 Å². The fourth-order valence-corrected chi connectivity index (χ4v) is 5.36. The fraction of sp³-hybridized carbons (Fsp3) is 0.630. The van der Waals surface area contributed by atoms with Crippen molar-refractivity contribution in [3.63, 3.8) is 0 Å². The first-order chi connectivity index (χ1) is 18.1. The quantitative estimate of drug-likeness (QED) is 0.506. The highest BCUT2D eigenvalue weighted by molar-refractivity contribution is 6.00. The molecular formula is C27H35F2N5O4. The van der Waals surface area contributed by atoms with Crippen molar-refractivity contribution < 1.29 is 27.9 Å². The van der Waals surface area contributed by atoms with Crippen molar-refractivity contribution >= 4 is 23.5 Å². The molecule has 1 atom stereocenters. The molecule has 206 valence electrons. The van der Waals surface area contributed by atoms with Crippen LogP contribution in [0.2, 0.25) is 0 Å². The number of halogens is 2. The first-order valence-corrected chi connectivity index (χ1v) is 13.2. The van der Waals surface area contributed by atoms with E-state index in [4.69, 9.17) is 4.74 Å². The van der Waals surface area contributed by atoms with Crippen LogP contribution in [0.5, 0.6) is 5.75 Å². The minimum atomic E-state index is -3.14. The van der Waals surface area contributed by atoms with Crippen LogP contribution >= 0.6 is 0 Å². The maximum absolute atomic E-state index is 14.5. The summed E-state index contributed by atoms with van der Waals surface area (Å²) in [5, 5.41) is 14.3. The van der Waals surface area contributed by atoms with Crippen molar-refractivity contribution in [2.75, 3.05) is 31.6 Å². The van der Waals surface area contributed by atoms with E-state index in [9.17, 15) is 28.4 Å². The van der Waals surface area contributed by atoms with E-state index >= 15 is 0 Å². The van der Waals surface area contributed by atoms with Crippen molar-refractivity contribution in [3.8, 4) is 11.8 Å². The molecule has 0 radical (unpaired) electrons. The number of nitrogens with one attached hydrogen (secondary N) is 2. The lowest BCUT2D eigenvalue weighted by Crippen LogP contribution is -2.56. The molecular weight excluding hydrogens is 496 g/mol. The average Bonchev–Trinajstić information content (AvgIpc) is 3.61. The number of hydrogen-bond acceptors (Lipinski definition) is 5. The number of nitriles is 1. The van der Waals surface area contributed by atoms with Gasteiger partial charge in [-0.1, -0.05) is 13.3 Å². The molecule has 38 heavy (non-hydrogen) atoms. The fourth-order valence-electron chi connectivity index (χ4n) is 5.36. The number of hydrogen-bond donors (Lipinski definition) is 2. The molecule has 2 N–H and O–H groups in total. The molecule has 1 saturated carbocycles. The lowest BCUT2D eigenvalue weighted by molar-refractivity contribution is -0.127. The van der Waals surface area contributed by atoms with Crippen molar-refractivity contribution in [1.82, 2.24) is 15.5 Å². The number of piperidine rings is 1. The van der Waals surface area contributed by atoms with Crippen molar-refractivity contribution in [2.45, 2.75) is 75.8 Å². The molecule has 2 saturated heterocycles. The number of carbonyl (C=O) groups excluding carboxylic acids is 3. The second kappa shape index (κ2) is 10.8. The van der Waals surface area contributed by atoms with E-state index in [2.05, 4.69) is 10.6 Å². The molecule has 3 fully saturated rings. The highest BCUT2D eigenvalue weighted by atomic mass is 19.3. The Balaban J connectivity index is 1.38. The Bertz CT molecular complexity index is 1090. The van der Waals surface area contributed by atoms with Crippen LogP contribution in [-0.2, 0) is 9.59 Å². The molecule has 2 aliphatic heterocycles. The predicted molar refractivity (Wildman–Crippen MR) is 136 cm³/mol. The monoisotopic (exact) mass is 531 g/mol. The van der Waals surface area contributed by atoms with Gasteiger partial charge in [-0.05, 0) is 56.4 Å². The maximum Gasteiger partial charge on any atom is 0.318 e. The third kappa shape index (κ3) is 5.84. The van der Waals surface area contributed by atoms with Crippen LogP contribution < -0.4 is 20.3 Å². The summed E-state index contributed by atoms with van der Waals surface area (Å²) >= 11 is 0. The van der Waals surface area contributed by atoms with E-state index in [1.165, 1.54) is 4.90 Å². The number of amides is 4. The molecule has 11 heteroatoms. The van der Waals surface area contributed by atoms with Crippen LogP contribution in [0, 0.1) is 16.7 Å². The Kier molecular flexibility index (Phi) is 7.81. The van der Waals surface area contributed by atoms with Crippen LogP contribution in [0.3, 0.4) is 0 Å². The molecule has 9 nitrogen and oxygen atoms in total. The zero-order valence-corrected chi connectivity index (χ0v) is 21.9. The van der Waals surface area contributed by atoms with Crippen molar-refractivity contribution in [1.29, 1.82) is 5.26 Å². The van der Waals surface area contributed by atoms with Crippen molar-refractivity contribution in [2.24, 2.45) is 5.41 Å². The lowest BCUT2D eigenvalue weighted by atomic mass is 9.77. The van der Waals surface area contributed by atoms with Crippen LogP contribution in [0.1, 0.15) is 58.3 Å². The van der Waals surface area contributed by atoms with Gasteiger partial charge in [0.2, 0.25) is 11.8 Å². The molecule has 1 aromatic rings. The first-order valence-electron chi connectivity index (χ1n) is 13.2. The summed E-state index contributed by atoms with van der Waals surface area (Å²) in [6.45, 7) is 2.75. The van der Waals surface area contributed by atoms with Crippen molar-refractivity contribution in [3.05, 3.63) is 24.3 Å². The zero-order chi connectivity index (χ0) is 27.6. The third-order valence-corrected chi connectivity index (χ3v) is 7.96. The summed E-state index contributed by atoms with van der Waals surface area (Å²) in [5.74, 6) is -3.19. The van der Waals surface area contributed by atoms with Gasteiger partial charge in [0.1, 0.15) is 17.3 Å². The van der Waals surface area contributed by atoms with Gasteiger partial charge in [-0.25, -0.2) is 13.6 Å². The second-order valence-electron chi connectivity index (χ2n) is 10.7. The molecule has 4 amide bonds. The highest BCUT2D eigenvalue weighted by Crippen LogP contribution is 2.43. The Morgan fingerprint density at radius 2 is 1.76 bits per heavy atom. The summed E-state index contributed by atoms with van der Waals surface area (Å²) in [5.41, 5.74) is -0.816. The number of alkyl halides is 2. The standard InChI is InChI=1S/C27H35F2N5O4/c1-3-8-27(28,29)17-21(22(35)32-26(18-30)9-10-26)31-24(37)33-14-11-25(12-15-33)13-16-34(23(25)36)19-4-6-20(38-2)7-5-19/h4-7,21H,3,8-17H2,1-2H3,(H,31,37)(H,32,35). The predicted octanol–water partition coefficient (Wildman–Crippen LogP) is 3.59. The number of likely N-dealkylation sites (tertiary alicyclic amines) is 1. The molecule has 1 aliphatic carbocycles. The Labute approximate surface area is 221 Å². The molecule has 4 rings (SSSR count). The Morgan fingerprint density at radius 1 is 1.13 bits per heavy atom. The minimum Gasteiger partial charge on any atom is -0.497 e. The summed E-state index contributed by atoms with van der Waals surface area (Å²) in [7, 11) is 1.58. The maximum atomic E-state index is 14.5. The topological polar surface area (TPSA) is 115 Å². The van der Waals surface area contributed by atoms with Gasteiger partial charge < -0.3 is 25.2 Å². The minimum absolute atomic E-state index is 0.0189. The summed E-state index contributed by atoms with van der Waals surface area (Å²) in [4.78, 5) is 42.5. The summed E-state index contributed by atoms with van der Waals surface area (Å²) in [6.07, 6.45) is 1.46. The Hall–Kier alpha value is -3.42. The molecule has 0 aromatic heterocycles. The first kappa shape index (κ1) is 27.6. The molecule has 1 unspecified atom stereocenters. The zero-order valence-electron chi connectivity index (χ0n) is 21.9. The molecule has 3 aliphatic rings. The van der Waals surface area contributed by atoms with Gasteiger partial charge in [0.15, 0.2) is 0 Å². The smallest absolute Gasteiger partial charge is 0.318 e. The average molecular weight is 532 g/mol. The summed E-state index contributed by atoms with van der Waals surface area (Å²) in [6, 6.07) is 7.22. The Morgan fingerprint density at radius 3 is 2.32 bits per heavy atom. The van der Waals surface area contributed by atoms with Gasteiger partial charge in [0.05, 0.1) is 18.6 Å². The van der Waals surface area contributed by atoms with Gasteiger partial charge >= 0.3 is 6.03 Å². The number of benzene rings is 1. The number of ether oxygens (including phenoxy) is 1. The molecule has 1 spiro atoms. The van der Waals surface area contributed by atoms with E-state index < -0.39 is 47.7 Å². The second-order valence-corrected chi connectivity index (χ2v) is 10.7. The van der Waals surface area contributed by atoms with Crippen LogP contribution in [0.15, 0.2) is 24.3 Å². The summed E-state index contributed by atoms with van der Waals surface area (Å²) < 4.78 is 34.1. The van der Waals surface area contributed by atoms with E-state index in [0.29, 0.717) is 44.4 Å². The van der Waals surface area contributed by atoms with E-state index in [1.54, 1.807) is 31.1 Å². The van der Waals surface area contributed by atoms with Gasteiger partial charge in [-0.2, -0.15) is 5.26 Å². The molecule has 2 heterocycles. The van der Waals surface area contributed by atoms with Crippen LogP contribution in [0.4, 0.5) is 19.3 Å². The number of carbonyl (C=O) groups is 3. The number of nitrogens with zero attached hydrogens (tertiary/aromatic N) is 3. The van der Waals surface area contributed by atoms with Crippen LogP contribution in [-0.4, -0.2) is 67.0 Å². The molecule has 1 aromatic carbocycles. The van der Waals surface area contributed by atoms with Gasteiger partial charge in [-0.15, -0.1) is 0 Å². The van der Waals surface area contributed by atoms with Crippen LogP contribution in [0.25, 0.3) is 0 Å². The number of methoxy groups -OCH3 is 1. The number of anilines is 1.